The summed E-state index contributed by atoms with van der Waals surface area (Å²) in [7, 11) is 0. The fraction of sp³-hybridized carbons (Fsp3) is 0.474. The summed E-state index contributed by atoms with van der Waals surface area (Å²) in [5.41, 5.74) is 2.75. The molecule has 1 N–H and O–H groups in total. The van der Waals surface area contributed by atoms with Gasteiger partial charge in [0.25, 0.3) is 5.91 Å². The number of benzene rings is 1. The van der Waals surface area contributed by atoms with Crippen molar-refractivity contribution in [2.75, 3.05) is 6.54 Å². The van der Waals surface area contributed by atoms with Crippen LogP contribution in [-0.2, 0) is 5.75 Å². The summed E-state index contributed by atoms with van der Waals surface area (Å²) in [6.07, 6.45) is 2.14. The minimum absolute atomic E-state index is 0.000573. The van der Waals surface area contributed by atoms with E-state index in [4.69, 9.17) is 4.52 Å². The predicted molar refractivity (Wildman–Crippen MR) is 98.4 cm³/mol. The van der Waals surface area contributed by atoms with Crippen molar-refractivity contribution in [3.05, 3.63) is 46.8 Å². The van der Waals surface area contributed by atoms with Crippen molar-refractivity contribution in [1.82, 2.24) is 10.5 Å². The van der Waals surface area contributed by atoms with E-state index in [-0.39, 0.29) is 5.91 Å². The Morgan fingerprint density at radius 3 is 2.71 bits per heavy atom. The van der Waals surface area contributed by atoms with E-state index in [9.17, 15) is 4.79 Å². The smallest absolute Gasteiger partial charge is 0.252 e. The molecule has 0 atom stereocenters. The third kappa shape index (κ3) is 5.13. The number of carbonyl (C=O) groups excluding carboxylic acids is 1. The zero-order valence-electron chi connectivity index (χ0n) is 14.9. The lowest BCUT2D eigenvalue weighted by Gasteiger charge is -2.10. The molecule has 0 fully saturated rings. The molecule has 2 rings (SSSR count). The van der Waals surface area contributed by atoms with Gasteiger partial charge >= 0.3 is 0 Å². The van der Waals surface area contributed by atoms with Crippen molar-refractivity contribution in [3.63, 3.8) is 0 Å². The predicted octanol–water partition coefficient (Wildman–Crippen LogP) is 4.75. The normalized spacial score (nSPS) is 11.0. The lowest BCUT2D eigenvalue weighted by Crippen LogP contribution is -2.25. The monoisotopic (exact) mass is 346 g/mol. The summed E-state index contributed by atoms with van der Waals surface area (Å²) < 4.78 is 5.20. The third-order valence-corrected chi connectivity index (χ3v) is 5.03. The molecule has 0 saturated carbocycles. The molecule has 0 radical (unpaired) electrons. The Morgan fingerprint density at radius 1 is 1.29 bits per heavy atom. The number of hydrogen-bond donors (Lipinski definition) is 1. The van der Waals surface area contributed by atoms with E-state index in [0.717, 1.165) is 52.6 Å². The molecule has 0 unspecified atom stereocenters. The molecule has 1 amide bonds. The molecule has 1 heterocycles. The largest absolute Gasteiger partial charge is 0.361 e. The van der Waals surface area contributed by atoms with Crippen molar-refractivity contribution in [2.24, 2.45) is 5.92 Å². The van der Waals surface area contributed by atoms with Crippen LogP contribution in [0.2, 0.25) is 0 Å². The van der Waals surface area contributed by atoms with Crippen LogP contribution in [0.5, 0.6) is 0 Å². The highest BCUT2D eigenvalue weighted by Crippen LogP contribution is 2.28. The number of aryl methyl sites for hydroxylation is 2. The van der Waals surface area contributed by atoms with Gasteiger partial charge in [-0.05, 0) is 44.7 Å². The second-order valence-electron chi connectivity index (χ2n) is 6.38. The molecule has 0 aliphatic carbocycles. The van der Waals surface area contributed by atoms with Crippen molar-refractivity contribution in [1.29, 1.82) is 0 Å². The van der Waals surface area contributed by atoms with Crippen molar-refractivity contribution < 1.29 is 9.32 Å². The Kier molecular flexibility index (Phi) is 6.91. The molecule has 24 heavy (non-hydrogen) atoms. The van der Waals surface area contributed by atoms with Crippen LogP contribution in [0.15, 0.2) is 33.7 Å². The average molecular weight is 346 g/mol. The van der Waals surface area contributed by atoms with E-state index in [0.29, 0.717) is 5.92 Å². The lowest BCUT2D eigenvalue weighted by atomic mass is 10.1. The van der Waals surface area contributed by atoms with Crippen LogP contribution in [0.4, 0.5) is 0 Å². The Bertz CT molecular complexity index is 660. The maximum atomic E-state index is 12.5. The third-order valence-electron chi connectivity index (χ3n) is 3.93. The standard InChI is InChI=1S/C19H26N2O2S/c1-13(2)8-7-11-20-19(22)16-9-5-6-10-18(16)24-12-17-14(3)21-23-15(17)4/h5-6,9-10,13H,7-8,11-12H2,1-4H3,(H,20,22). The fourth-order valence-corrected chi connectivity index (χ4v) is 3.65. The zero-order valence-corrected chi connectivity index (χ0v) is 15.7. The number of aromatic nitrogens is 1. The van der Waals surface area contributed by atoms with Gasteiger partial charge in [-0.25, -0.2) is 0 Å². The highest BCUT2D eigenvalue weighted by molar-refractivity contribution is 7.98. The average Bonchev–Trinajstić information content (AvgIpc) is 2.88. The van der Waals surface area contributed by atoms with Crippen LogP contribution in [0.25, 0.3) is 0 Å². The Balaban J connectivity index is 1.98. The Morgan fingerprint density at radius 2 is 2.04 bits per heavy atom. The van der Waals surface area contributed by atoms with E-state index in [1.165, 1.54) is 0 Å². The highest BCUT2D eigenvalue weighted by Gasteiger charge is 2.14. The minimum Gasteiger partial charge on any atom is -0.361 e. The number of nitrogens with zero attached hydrogens (tertiary/aromatic N) is 1. The maximum absolute atomic E-state index is 12.5. The van der Waals surface area contributed by atoms with Crippen molar-refractivity contribution in [2.45, 2.75) is 51.2 Å². The summed E-state index contributed by atoms with van der Waals surface area (Å²) >= 11 is 1.64. The first-order valence-electron chi connectivity index (χ1n) is 8.40. The van der Waals surface area contributed by atoms with Gasteiger partial charge in [-0.1, -0.05) is 31.1 Å². The van der Waals surface area contributed by atoms with E-state index in [2.05, 4.69) is 24.3 Å². The summed E-state index contributed by atoms with van der Waals surface area (Å²) in [6.45, 7) is 8.98. The molecular weight excluding hydrogens is 320 g/mol. The molecular formula is C19H26N2O2S. The van der Waals surface area contributed by atoms with Crippen molar-refractivity contribution in [3.8, 4) is 0 Å². The molecule has 1 aromatic carbocycles. The van der Waals surface area contributed by atoms with Gasteiger partial charge < -0.3 is 9.84 Å². The second kappa shape index (κ2) is 8.92. The van der Waals surface area contributed by atoms with Crippen LogP contribution < -0.4 is 5.32 Å². The number of nitrogens with one attached hydrogen (secondary N) is 1. The van der Waals surface area contributed by atoms with Crippen LogP contribution >= 0.6 is 11.8 Å². The molecule has 0 bridgehead atoms. The highest BCUT2D eigenvalue weighted by atomic mass is 32.2. The van der Waals surface area contributed by atoms with Crippen LogP contribution in [0.3, 0.4) is 0 Å². The van der Waals surface area contributed by atoms with E-state index >= 15 is 0 Å². The molecule has 0 saturated heterocycles. The van der Waals surface area contributed by atoms with Gasteiger partial charge in [-0.3, -0.25) is 4.79 Å². The van der Waals surface area contributed by atoms with Gasteiger partial charge in [0, 0.05) is 22.8 Å². The number of rotatable bonds is 8. The van der Waals surface area contributed by atoms with Gasteiger partial charge in [0.1, 0.15) is 5.76 Å². The molecule has 1 aromatic heterocycles. The summed E-state index contributed by atoms with van der Waals surface area (Å²) in [6, 6.07) is 7.74. The van der Waals surface area contributed by atoms with E-state index in [1.807, 2.05) is 38.1 Å². The molecule has 5 heteroatoms. The van der Waals surface area contributed by atoms with Crippen LogP contribution in [0.1, 0.15) is 54.1 Å². The van der Waals surface area contributed by atoms with Crippen LogP contribution in [0, 0.1) is 19.8 Å². The summed E-state index contributed by atoms with van der Waals surface area (Å²) in [5, 5.41) is 7.01. The number of thioether (sulfide) groups is 1. The van der Waals surface area contributed by atoms with Gasteiger partial charge in [0.15, 0.2) is 0 Å². The topological polar surface area (TPSA) is 55.1 Å². The first-order chi connectivity index (χ1) is 11.5. The minimum atomic E-state index is 0.000573. The quantitative estimate of drug-likeness (QED) is 0.553. The maximum Gasteiger partial charge on any atom is 0.252 e. The van der Waals surface area contributed by atoms with Gasteiger partial charge in [0.05, 0.1) is 11.3 Å². The molecule has 0 aliphatic heterocycles. The molecule has 0 spiro atoms. The first-order valence-corrected chi connectivity index (χ1v) is 9.39. The first kappa shape index (κ1) is 18.6. The SMILES string of the molecule is Cc1noc(C)c1CSc1ccccc1C(=O)NCCCC(C)C. The lowest BCUT2D eigenvalue weighted by molar-refractivity contribution is 0.0949. The van der Waals surface area contributed by atoms with E-state index < -0.39 is 0 Å². The second-order valence-corrected chi connectivity index (χ2v) is 7.40. The Hall–Kier alpha value is -1.75. The number of carbonyl (C=O) groups is 1. The summed E-state index contributed by atoms with van der Waals surface area (Å²) in [5.74, 6) is 2.26. The van der Waals surface area contributed by atoms with Crippen LogP contribution in [-0.4, -0.2) is 17.6 Å². The van der Waals surface area contributed by atoms with Crippen molar-refractivity contribution >= 4 is 17.7 Å². The fourth-order valence-electron chi connectivity index (χ4n) is 2.45. The Labute approximate surface area is 148 Å². The molecule has 130 valence electrons. The van der Waals surface area contributed by atoms with E-state index in [1.54, 1.807) is 11.8 Å². The number of hydrogen-bond acceptors (Lipinski definition) is 4. The van der Waals surface area contributed by atoms with Gasteiger partial charge in [0.2, 0.25) is 0 Å². The molecule has 4 nitrogen and oxygen atoms in total. The summed E-state index contributed by atoms with van der Waals surface area (Å²) in [4.78, 5) is 13.4. The molecule has 0 aliphatic rings. The van der Waals surface area contributed by atoms with Gasteiger partial charge in [-0.15, -0.1) is 11.8 Å². The molecule has 2 aromatic rings. The zero-order chi connectivity index (χ0) is 17.5. The number of amides is 1. The van der Waals surface area contributed by atoms with Gasteiger partial charge in [-0.2, -0.15) is 0 Å².